The maximum atomic E-state index is 12.2. The minimum atomic E-state index is 0.206. The standard InChI is InChI=1S/C15H25N3O/c1-11-5-12(2)14(15(19)6-11)10-17(3)8-13-7-16-18(4)9-13/h7,9,11-12,14H,5-6,8,10H2,1-4H3. The molecule has 0 aromatic carbocycles. The number of aryl methyl sites for hydroxylation is 1. The Morgan fingerprint density at radius 3 is 2.79 bits per heavy atom. The first-order chi connectivity index (χ1) is 8.95. The lowest BCUT2D eigenvalue weighted by molar-refractivity contribution is -0.128. The van der Waals surface area contributed by atoms with Crippen molar-refractivity contribution in [3.63, 3.8) is 0 Å². The van der Waals surface area contributed by atoms with E-state index in [1.807, 2.05) is 24.1 Å². The van der Waals surface area contributed by atoms with Crippen molar-refractivity contribution in [3.8, 4) is 0 Å². The fraction of sp³-hybridized carbons (Fsp3) is 0.733. The quantitative estimate of drug-likeness (QED) is 0.835. The van der Waals surface area contributed by atoms with E-state index in [1.165, 1.54) is 12.0 Å². The monoisotopic (exact) mass is 263 g/mol. The lowest BCUT2D eigenvalue weighted by Crippen LogP contribution is -2.38. The van der Waals surface area contributed by atoms with Gasteiger partial charge >= 0.3 is 0 Å². The molecular formula is C15H25N3O. The number of carbonyl (C=O) groups excluding carboxylic acids is 1. The Morgan fingerprint density at radius 2 is 2.21 bits per heavy atom. The van der Waals surface area contributed by atoms with E-state index in [4.69, 9.17) is 0 Å². The van der Waals surface area contributed by atoms with Crippen LogP contribution in [0.15, 0.2) is 12.4 Å². The Balaban J connectivity index is 1.91. The van der Waals surface area contributed by atoms with Crippen molar-refractivity contribution in [2.24, 2.45) is 24.8 Å². The van der Waals surface area contributed by atoms with E-state index in [0.717, 1.165) is 19.5 Å². The largest absolute Gasteiger partial charge is 0.301 e. The molecule has 0 spiro atoms. The van der Waals surface area contributed by atoms with E-state index in [9.17, 15) is 4.79 Å². The van der Waals surface area contributed by atoms with Crippen LogP contribution in [0.2, 0.25) is 0 Å². The van der Waals surface area contributed by atoms with Crippen LogP contribution in [0.3, 0.4) is 0 Å². The van der Waals surface area contributed by atoms with E-state index in [2.05, 4.69) is 30.9 Å². The first-order valence-electron chi connectivity index (χ1n) is 7.14. The zero-order chi connectivity index (χ0) is 14.0. The van der Waals surface area contributed by atoms with Crippen molar-refractivity contribution < 1.29 is 4.79 Å². The first kappa shape index (κ1) is 14.3. The highest BCUT2D eigenvalue weighted by atomic mass is 16.1. The summed E-state index contributed by atoms with van der Waals surface area (Å²) < 4.78 is 1.82. The molecule has 2 rings (SSSR count). The Bertz CT molecular complexity index is 440. The lowest BCUT2D eigenvalue weighted by Gasteiger charge is -2.33. The highest BCUT2D eigenvalue weighted by molar-refractivity contribution is 5.82. The Kier molecular flexibility index (Phi) is 4.40. The second kappa shape index (κ2) is 5.87. The summed E-state index contributed by atoms with van der Waals surface area (Å²) in [6, 6.07) is 0. The van der Waals surface area contributed by atoms with E-state index in [0.29, 0.717) is 17.6 Å². The molecule has 4 nitrogen and oxygen atoms in total. The van der Waals surface area contributed by atoms with Gasteiger partial charge in [-0.25, -0.2) is 0 Å². The third kappa shape index (κ3) is 3.66. The summed E-state index contributed by atoms with van der Waals surface area (Å²) in [7, 11) is 4.02. The summed E-state index contributed by atoms with van der Waals surface area (Å²) in [6.45, 7) is 6.13. The number of nitrogens with zero attached hydrogens (tertiary/aromatic N) is 3. The molecule has 0 N–H and O–H groups in total. The van der Waals surface area contributed by atoms with Crippen LogP contribution in [0.4, 0.5) is 0 Å². The number of ketones is 1. The van der Waals surface area contributed by atoms with Crippen molar-refractivity contribution in [1.29, 1.82) is 0 Å². The first-order valence-corrected chi connectivity index (χ1v) is 7.14. The maximum Gasteiger partial charge on any atom is 0.137 e. The Morgan fingerprint density at radius 1 is 1.47 bits per heavy atom. The Labute approximate surface area is 115 Å². The van der Waals surface area contributed by atoms with E-state index >= 15 is 0 Å². The molecule has 1 saturated carbocycles. The molecule has 0 radical (unpaired) electrons. The minimum Gasteiger partial charge on any atom is -0.301 e. The molecule has 1 aromatic rings. The SMILES string of the molecule is CC1CC(=O)C(CN(C)Cc2cnn(C)c2)C(C)C1. The van der Waals surface area contributed by atoms with Crippen molar-refractivity contribution in [3.05, 3.63) is 18.0 Å². The number of Topliss-reactive ketones (excluding diaryl/α,β-unsaturated/α-hetero) is 1. The molecule has 1 aromatic heterocycles. The number of hydrogen-bond acceptors (Lipinski definition) is 3. The van der Waals surface area contributed by atoms with Gasteiger partial charge in [0, 0.05) is 44.2 Å². The number of aromatic nitrogens is 2. The number of rotatable bonds is 4. The third-order valence-electron chi connectivity index (χ3n) is 4.14. The lowest BCUT2D eigenvalue weighted by atomic mass is 9.74. The molecule has 1 fully saturated rings. The highest BCUT2D eigenvalue weighted by Gasteiger charge is 2.32. The van der Waals surface area contributed by atoms with E-state index in [1.54, 1.807) is 0 Å². The Hall–Kier alpha value is -1.16. The van der Waals surface area contributed by atoms with Crippen LogP contribution >= 0.6 is 0 Å². The smallest absolute Gasteiger partial charge is 0.137 e. The van der Waals surface area contributed by atoms with Crippen LogP contribution in [-0.4, -0.2) is 34.1 Å². The summed E-state index contributed by atoms with van der Waals surface area (Å²) in [5.41, 5.74) is 1.20. The van der Waals surface area contributed by atoms with Crippen molar-refractivity contribution in [2.45, 2.75) is 33.2 Å². The molecule has 19 heavy (non-hydrogen) atoms. The number of hydrogen-bond donors (Lipinski definition) is 0. The van der Waals surface area contributed by atoms with Gasteiger partial charge in [-0.05, 0) is 25.3 Å². The molecule has 1 aliphatic carbocycles. The van der Waals surface area contributed by atoms with Gasteiger partial charge in [-0.2, -0.15) is 5.10 Å². The van der Waals surface area contributed by atoms with E-state index < -0.39 is 0 Å². The predicted octanol–water partition coefficient (Wildman–Crippen LogP) is 2.10. The van der Waals surface area contributed by atoms with Crippen LogP contribution in [0.5, 0.6) is 0 Å². The van der Waals surface area contributed by atoms with Gasteiger partial charge in [0.1, 0.15) is 5.78 Å². The fourth-order valence-corrected chi connectivity index (χ4v) is 3.24. The summed E-state index contributed by atoms with van der Waals surface area (Å²) in [6.07, 6.45) is 5.86. The van der Waals surface area contributed by atoms with Crippen LogP contribution < -0.4 is 0 Å². The molecule has 1 aliphatic rings. The normalized spacial score (nSPS) is 28.1. The van der Waals surface area contributed by atoms with Crippen molar-refractivity contribution in [2.75, 3.05) is 13.6 Å². The van der Waals surface area contributed by atoms with Crippen LogP contribution in [0, 0.1) is 17.8 Å². The second-order valence-corrected chi connectivity index (χ2v) is 6.31. The fourth-order valence-electron chi connectivity index (χ4n) is 3.24. The zero-order valence-electron chi connectivity index (χ0n) is 12.5. The van der Waals surface area contributed by atoms with Crippen molar-refractivity contribution >= 4 is 5.78 Å². The van der Waals surface area contributed by atoms with Crippen LogP contribution in [0.25, 0.3) is 0 Å². The number of carbonyl (C=O) groups is 1. The average Bonchev–Trinajstić information content (AvgIpc) is 2.69. The maximum absolute atomic E-state index is 12.2. The summed E-state index contributed by atoms with van der Waals surface area (Å²) in [4.78, 5) is 14.4. The summed E-state index contributed by atoms with van der Waals surface area (Å²) in [5.74, 6) is 1.72. The van der Waals surface area contributed by atoms with Gasteiger partial charge < -0.3 is 4.90 Å². The predicted molar refractivity (Wildman–Crippen MR) is 75.6 cm³/mol. The van der Waals surface area contributed by atoms with Gasteiger partial charge in [0.2, 0.25) is 0 Å². The topological polar surface area (TPSA) is 38.1 Å². The molecule has 106 valence electrons. The molecule has 3 unspecified atom stereocenters. The minimum absolute atomic E-state index is 0.206. The molecular weight excluding hydrogens is 238 g/mol. The third-order valence-corrected chi connectivity index (χ3v) is 4.14. The summed E-state index contributed by atoms with van der Waals surface area (Å²) >= 11 is 0. The average molecular weight is 263 g/mol. The molecule has 4 heteroatoms. The highest BCUT2D eigenvalue weighted by Crippen LogP contribution is 2.31. The van der Waals surface area contributed by atoms with Crippen LogP contribution in [0.1, 0.15) is 32.3 Å². The van der Waals surface area contributed by atoms with Gasteiger partial charge in [0.15, 0.2) is 0 Å². The van der Waals surface area contributed by atoms with Gasteiger partial charge in [-0.1, -0.05) is 13.8 Å². The summed E-state index contributed by atoms with van der Waals surface area (Å²) in [5, 5.41) is 4.18. The van der Waals surface area contributed by atoms with E-state index in [-0.39, 0.29) is 5.92 Å². The van der Waals surface area contributed by atoms with Crippen LogP contribution in [-0.2, 0) is 18.4 Å². The molecule has 0 amide bonds. The van der Waals surface area contributed by atoms with Gasteiger partial charge in [0.05, 0.1) is 6.20 Å². The van der Waals surface area contributed by atoms with Gasteiger partial charge in [-0.3, -0.25) is 9.48 Å². The molecule has 1 heterocycles. The second-order valence-electron chi connectivity index (χ2n) is 6.31. The molecule has 0 saturated heterocycles. The molecule has 3 atom stereocenters. The van der Waals surface area contributed by atoms with Crippen molar-refractivity contribution in [1.82, 2.24) is 14.7 Å². The molecule has 0 bridgehead atoms. The zero-order valence-corrected chi connectivity index (χ0v) is 12.5. The van der Waals surface area contributed by atoms with Gasteiger partial charge in [0.25, 0.3) is 0 Å². The van der Waals surface area contributed by atoms with Gasteiger partial charge in [-0.15, -0.1) is 0 Å². The molecule has 0 aliphatic heterocycles.